The van der Waals surface area contributed by atoms with Gasteiger partial charge in [0.05, 0.1) is 32.1 Å². The molecule has 0 radical (unpaired) electrons. The fourth-order valence-corrected chi connectivity index (χ4v) is 9.25. The lowest BCUT2D eigenvalue weighted by atomic mass is 9.62. The number of ether oxygens (including phenoxy) is 5. The van der Waals surface area contributed by atoms with Crippen LogP contribution in [0.5, 0.6) is 0 Å². The molecule has 2 aromatic carbocycles. The molecule has 3 aliphatic carbocycles. The monoisotopic (exact) mass is 817 g/mol. The molecule has 7 unspecified atom stereocenters. The summed E-state index contributed by atoms with van der Waals surface area (Å²) in [6, 6.07) is 12.6. The number of hydrogen-bond donors (Lipinski definition) is 4. The van der Waals surface area contributed by atoms with Crippen LogP contribution in [0.4, 0.5) is 0 Å². The van der Waals surface area contributed by atoms with E-state index in [9.17, 15) is 24.3 Å². The Balaban J connectivity index is 1.02. The van der Waals surface area contributed by atoms with Crippen LogP contribution in [-0.4, -0.2) is 107 Å². The van der Waals surface area contributed by atoms with Crippen molar-refractivity contribution in [3.8, 4) is 0 Å². The third-order valence-electron chi connectivity index (χ3n) is 12.2. The normalized spacial score (nSPS) is 28.8. The zero-order valence-electron chi connectivity index (χ0n) is 33.8. The van der Waals surface area contributed by atoms with Crippen LogP contribution in [0.15, 0.2) is 54.8 Å². The van der Waals surface area contributed by atoms with Gasteiger partial charge in [0.2, 0.25) is 5.91 Å². The summed E-state index contributed by atoms with van der Waals surface area (Å²) in [7, 11) is 0. The van der Waals surface area contributed by atoms with Crippen LogP contribution in [0.2, 0.25) is 0 Å². The molecule has 15 nitrogen and oxygen atoms in total. The fourth-order valence-electron chi connectivity index (χ4n) is 9.25. The first-order chi connectivity index (χ1) is 28.3. The number of fused-ring (bicyclic) bond motifs is 4. The van der Waals surface area contributed by atoms with Crippen LogP contribution < -0.4 is 10.6 Å². The van der Waals surface area contributed by atoms with Gasteiger partial charge in [-0.05, 0) is 87.8 Å². The minimum Gasteiger partial charge on any atom is -0.499 e. The number of hydrogen-bond acceptors (Lipinski definition) is 13. The first-order valence-corrected chi connectivity index (χ1v) is 20.8. The smallest absolute Gasteiger partial charge is 0.327 e. The first kappa shape index (κ1) is 41.4. The van der Waals surface area contributed by atoms with Crippen molar-refractivity contribution in [2.75, 3.05) is 19.8 Å². The number of rotatable bonds is 17. The van der Waals surface area contributed by atoms with Crippen LogP contribution in [0.3, 0.4) is 0 Å². The summed E-state index contributed by atoms with van der Waals surface area (Å²) < 4.78 is 30.7. The maximum absolute atomic E-state index is 14.9. The first-order valence-electron chi connectivity index (χ1n) is 20.8. The molecule has 3 saturated heterocycles. The number of hydroxylamine groups is 2. The predicted octanol–water partition coefficient (Wildman–Crippen LogP) is 3.30. The predicted molar refractivity (Wildman–Crippen MR) is 209 cm³/mol. The van der Waals surface area contributed by atoms with E-state index < -0.39 is 77.1 Å². The Labute approximate surface area is 343 Å². The molecule has 318 valence electrons. The van der Waals surface area contributed by atoms with Crippen molar-refractivity contribution in [2.45, 2.75) is 127 Å². The standard InChI is InChI=1S/C44H55N3O12/c1-42(2,3)56-34(50)16-15-32(25-49)46-39(51)28-10-6-7-26(21-28)23-45-41(53)43-22-33-35-36(58-44(57-35,30-11-12-30)31-13-14-31)38(43)59-47(37(43)40(52)55-33)24-29-9-5-4-8-27(29)17-19-54-20-18-48/h4-10,17,19,21,30-33,35-38,48-49H,11-16,18,20,22-25H2,1-3H3,(H,45,53)(H,46,51). The van der Waals surface area contributed by atoms with Crippen LogP contribution in [0, 0.1) is 17.3 Å². The Hall–Kier alpha value is -4.38. The van der Waals surface area contributed by atoms with E-state index in [4.69, 9.17) is 33.6 Å². The number of carbonyl (C=O) groups is 4. The van der Waals surface area contributed by atoms with Crippen LogP contribution in [0.25, 0.3) is 6.08 Å². The van der Waals surface area contributed by atoms with E-state index in [2.05, 4.69) is 10.6 Å². The number of carbonyl (C=O) groups excluding carboxylic acids is 4. The highest BCUT2D eigenvalue weighted by atomic mass is 16.8. The Bertz CT molecular complexity index is 1930. The van der Waals surface area contributed by atoms with Crippen molar-refractivity contribution in [3.63, 3.8) is 0 Å². The van der Waals surface area contributed by atoms with E-state index in [1.807, 2.05) is 24.3 Å². The number of esters is 2. The molecule has 3 heterocycles. The molecule has 59 heavy (non-hydrogen) atoms. The molecular formula is C44H55N3O12. The number of nitrogens with one attached hydrogen (secondary N) is 2. The lowest BCUT2D eigenvalue weighted by molar-refractivity contribution is -0.235. The number of aliphatic hydroxyl groups is 2. The molecule has 6 aliphatic rings. The van der Waals surface area contributed by atoms with Gasteiger partial charge < -0.3 is 44.5 Å². The summed E-state index contributed by atoms with van der Waals surface area (Å²) in [6.45, 7) is 5.18. The van der Waals surface area contributed by atoms with Gasteiger partial charge in [-0.15, -0.1) is 0 Å². The van der Waals surface area contributed by atoms with Gasteiger partial charge in [-0.2, -0.15) is 5.06 Å². The van der Waals surface area contributed by atoms with Crippen molar-refractivity contribution in [1.82, 2.24) is 15.7 Å². The second kappa shape index (κ2) is 16.6. The summed E-state index contributed by atoms with van der Waals surface area (Å²) in [6.07, 6.45) is 4.81. The van der Waals surface area contributed by atoms with E-state index in [-0.39, 0.29) is 64.0 Å². The molecule has 6 fully saturated rings. The molecular weight excluding hydrogens is 762 g/mol. The van der Waals surface area contributed by atoms with E-state index in [0.29, 0.717) is 11.1 Å². The zero-order chi connectivity index (χ0) is 41.5. The molecule has 2 aromatic rings. The van der Waals surface area contributed by atoms with Crippen molar-refractivity contribution < 1.29 is 57.9 Å². The molecule has 7 atom stereocenters. The SMILES string of the molecule is CC(C)(C)OC(=O)CCC(CO)NC(=O)c1cccc(CNC(=O)C23CC4OC(=O)C2N(Cc2ccccc2C=COCCO)OC3C2OC(C3CC3)(C3CC3)OC42)c1. The number of benzene rings is 2. The molecule has 0 spiro atoms. The average Bonchev–Trinajstić information content (AvgIpc) is 4.16. The quantitative estimate of drug-likeness (QED) is 0.103. The Kier molecular flexibility index (Phi) is 11.6. The molecule has 8 rings (SSSR count). The van der Waals surface area contributed by atoms with E-state index in [1.54, 1.807) is 56.2 Å². The van der Waals surface area contributed by atoms with Crippen LogP contribution in [0.1, 0.15) is 92.8 Å². The number of aliphatic hydroxyl groups excluding tert-OH is 2. The van der Waals surface area contributed by atoms with Crippen LogP contribution in [-0.2, 0) is 56.0 Å². The molecule has 3 aliphatic heterocycles. The number of amides is 2. The Morgan fingerprint density at radius 3 is 2.47 bits per heavy atom. The Morgan fingerprint density at radius 1 is 1.02 bits per heavy atom. The third-order valence-corrected chi connectivity index (χ3v) is 12.2. The van der Waals surface area contributed by atoms with Gasteiger partial charge in [0, 0.05) is 36.8 Å². The van der Waals surface area contributed by atoms with Gasteiger partial charge in [0.15, 0.2) is 11.8 Å². The van der Waals surface area contributed by atoms with E-state index >= 15 is 0 Å². The Morgan fingerprint density at radius 2 is 1.76 bits per heavy atom. The highest BCUT2D eigenvalue weighted by molar-refractivity contribution is 5.95. The van der Waals surface area contributed by atoms with Crippen molar-refractivity contribution in [1.29, 1.82) is 0 Å². The molecule has 2 bridgehead atoms. The van der Waals surface area contributed by atoms with Gasteiger partial charge in [0.25, 0.3) is 5.91 Å². The van der Waals surface area contributed by atoms with Crippen molar-refractivity contribution in [3.05, 3.63) is 77.0 Å². The summed E-state index contributed by atoms with van der Waals surface area (Å²) in [5, 5.41) is 26.5. The molecule has 15 heteroatoms. The summed E-state index contributed by atoms with van der Waals surface area (Å²) in [5.74, 6) is -2.14. The van der Waals surface area contributed by atoms with Gasteiger partial charge >= 0.3 is 11.9 Å². The van der Waals surface area contributed by atoms with Gasteiger partial charge in [-0.1, -0.05) is 36.4 Å². The summed E-state index contributed by atoms with van der Waals surface area (Å²) in [4.78, 5) is 61.5. The van der Waals surface area contributed by atoms with Crippen molar-refractivity contribution >= 4 is 29.8 Å². The summed E-state index contributed by atoms with van der Waals surface area (Å²) in [5.41, 5.74) is 0.535. The number of nitrogens with zero attached hydrogens (tertiary/aromatic N) is 1. The topological polar surface area (TPSA) is 191 Å². The largest absolute Gasteiger partial charge is 0.499 e. The third kappa shape index (κ3) is 8.37. The lowest BCUT2D eigenvalue weighted by Gasteiger charge is -2.48. The maximum atomic E-state index is 14.9. The van der Waals surface area contributed by atoms with Gasteiger partial charge in [-0.3, -0.25) is 24.0 Å². The average molecular weight is 818 g/mol. The van der Waals surface area contributed by atoms with Gasteiger partial charge in [-0.25, -0.2) is 0 Å². The molecule has 0 aromatic heterocycles. The fraction of sp³-hybridized carbons (Fsp3) is 0.591. The highest BCUT2D eigenvalue weighted by Gasteiger charge is 2.78. The van der Waals surface area contributed by atoms with Crippen LogP contribution >= 0.6 is 0 Å². The van der Waals surface area contributed by atoms with E-state index in [0.717, 1.165) is 36.8 Å². The van der Waals surface area contributed by atoms with Crippen molar-refractivity contribution in [2.24, 2.45) is 17.3 Å². The zero-order valence-corrected chi connectivity index (χ0v) is 33.8. The minimum absolute atomic E-state index is 0.0268. The maximum Gasteiger partial charge on any atom is 0.327 e. The second-order valence-corrected chi connectivity index (χ2v) is 17.6. The summed E-state index contributed by atoms with van der Waals surface area (Å²) >= 11 is 0. The highest BCUT2D eigenvalue weighted by Crippen LogP contribution is 2.63. The lowest BCUT2D eigenvalue weighted by Crippen LogP contribution is -2.69. The van der Waals surface area contributed by atoms with Gasteiger partial charge in [0.1, 0.15) is 42.0 Å². The minimum atomic E-state index is -1.39. The van der Waals surface area contributed by atoms with E-state index in [1.165, 1.54) is 6.26 Å². The molecule has 4 N–H and O–H groups in total. The second-order valence-electron chi connectivity index (χ2n) is 17.6. The molecule has 3 saturated carbocycles. The molecule has 2 amide bonds.